The first-order chi connectivity index (χ1) is 15.3. The summed E-state index contributed by atoms with van der Waals surface area (Å²) in [5.74, 6) is -1.67. The molecule has 1 aliphatic heterocycles. The smallest absolute Gasteiger partial charge is 0.341 e. The van der Waals surface area contributed by atoms with Gasteiger partial charge in [-0.2, -0.15) is 0 Å². The molecule has 1 heterocycles. The zero-order valence-corrected chi connectivity index (χ0v) is 17.5. The number of non-ortho nitro benzene ring substituents is 2. The Labute approximate surface area is 187 Å². The molecule has 168 valence electrons. The molecule has 0 spiro atoms. The lowest BCUT2D eigenvalue weighted by Gasteiger charge is -2.30. The Balaban J connectivity index is 1.73. The van der Waals surface area contributed by atoms with Gasteiger partial charge in [-0.1, -0.05) is 11.6 Å². The summed E-state index contributed by atoms with van der Waals surface area (Å²) in [7, 11) is 0. The van der Waals surface area contributed by atoms with Crippen LogP contribution in [0.25, 0.3) is 0 Å². The van der Waals surface area contributed by atoms with Gasteiger partial charge in [0, 0.05) is 37.4 Å². The molecule has 32 heavy (non-hydrogen) atoms. The lowest BCUT2D eigenvalue weighted by atomic mass is 10.1. The molecule has 1 N–H and O–H groups in total. The first kappa shape index (κ1) is 22.9. The highest BCUT2D eigenvalue weighted by molar-refractivity contribution is 6.33. The van der Waals surface area contributed by atoms with Crippen molar-refractivity contribution in [3.8, 4) is 0 Å². The van der Waals surface area contributed by atoms with E-state index in [9.17, 15) is 29.8 Å². The van der Waals surface area contributed by atoms with Gasteiger partial charge in [-0.15, -0.1) is 0 Å². The Hall–Kier alpha value is -3.73. The minimum absolute atomic E-state index is 0.00808. The summed E-state index contributed by atoms with van der Waals surface area (Å²) >= 11 is 5.94. The number of anilines is 2. The van der Waals surface area contributed by atoms with Gasteiger partial charge in [-0.3, -0.25) is 25.0 Å². The molecule has 0 radical (unpaired) electrons. The third-order valence-corrected chi connectivity index (χ3v) is 5.21. The number of halogens is 1. The predicted molar refractivity (Wildman–Crippen MR) is 116 cm³/mol. The van der Waals surface area contributed by atoms with E-state index in [1.807, 2.05) is 4.90 Å². The number of benzene rings is 2. The molecule has 0 aliphatic carbocycles. The summed E-state index contributed by atoms with van der Waals surface area (Å²) in [6.07, 6.45) is 2.92. The Bertz CT molecular complexity index is 1070. The van der Waals surface area contributed by atoms with Crippen LogP contribution >= 0.6 is 11.6 Å². The van der Waals surface area contributed by atoms with Crippen molar-refractivity contribution in [2.75, 3.05) is 29.9 Å². The largest absolute Gasteiger partial charge is 0.452 e. The zero-order valence-electron chi connectivity index (χ0n) is 16.8. The van der Waals surface area contributed by atoms with Crippen molar-refractivity contribution in [3.63, 3.8) is 0 Å². The van der Waals surface area contributed by atoms with E-state index < -0.39 is 28.3 Å². The average molecular weight is 463 g/mol. The summed E-state index contributed by atoms with van der Waals surface area (Å²) in [6, 6.07) is 7.47. The molecule has 2 aromatic carbocycles. The molecule has 0 saturated carbocycles. The molecular formula is C20H19ClN4O7. The van der Waals surface area contributed by atoms with Crippen molar-refractivity contribution < 1.29 is 24.2 Å². The van der Waals surface area contributed by atoms with Crippen LogP contribution in [0.2, 0.25) is 5.02 Å². The third kappa shape index (κ3) is 5.49. The second-order valence-corrected chi connectivity index (χ2v) is 7.46. The summed E-state index contributed by atoms with van der Waals surface area (Å²) in [4.78, 5) is 47.6. The van der Waals surface area contributed by atoms with Crippen molar-refractivity contribution in [2.24, 2.45) is 0 Å². The lowest BCUT2D eigenvalue weighted by Crippen LogP contribution is -2.31. The van der Waals surface area contributed by atoms with E-state index in [4.69, 9.17) is 16.3 Å². The van der Waals surface area contributed by atoms with Crippen molar-refractivity contribution in [1.82, 2.24) is 0 Å². The van der Waals surface area contributed by atoms with Crippen LogP contribution in [0.5, 0.6) is 0 Å². The maximum Gasteiger partial charge on any atom is 0.341 e. The maximum absolute atomic E-state index is 12.7. The summed E-state index contributed by atoms with van der Waals surface area (Å²) in [6.45, 7) is 0.688. The SMILES string of the molecule is O=C(COC(=O)c1cc([N+](=O)[O-])ccc1N1CCCCC1)Nc1cc([N+](=O)[O-])ccc1Cl. The number of nitrogens with zero attached hydrogens (tertiary/aromatic N) is 3. The van der Waals surface area contributed by atoms with E-state index in [1.54, 1.807) is 0 Å². The Morgan fingerprint density at radius 2 is 1.62 bits per heavy atom. The van der Waals surface area contributed by atoms with Crippen molar-refractivity contribution >= 4 is 46.2 Å². The fourth-order valence-electron chi connectivity index (χ4n) is 3.33. The van der Waals surface area contributed by atoms with Gasteiger partial charge in [-0.05, 0) is 31.4 Å². The normalized spacial score (nSPS) is 13.3. The minimum atomic E-state index is -0.894. The van der Waals surface area contributed by atoms with Crippen LogP contribution in [0.4, 0.5) is 22.7 Å². The Kier molecular flexibility index (Phi) is 7.21. The summed E-state index contributed by atoms with van der Waals surface area (Å²) in [5, 5.41) is 24.5. The van der Waals surface area contributed by atoms with Gasteiger partial charge >= 0.3 is 5.97 Å². The number of nitro benzene ring substituents is 2. The fourth-order valence-corrected chi connectivity index (χ4v) is 3.49. The number of carbonyl (C=O) groups excluding carboxylic acids is 2. The maximum atomic E-state index is 12.7. The molecule has 0 aromatic heterocycles. The Morgan fingerprint density at radius 3 is 2.28 bits per heavy atom. The molecule has 11 nitrogen and oxygen atoms in total. The average Bonchev–Trinajstić information content (AvgIpc) is 2.78. The van der Waals surface area contributed by atoms with Gasteiger partial charge in [0.25, 0.3) is 17.3 Å². The van der Waals surface area contributed by atoms with Crippen LogP contribution in [-0.4, -0.2) is 41.4 Å². The second kappa shape index (κ2) is 10.1. The topological polar surface area (TPSA) is 145 Å². The van der Waals surface area contributed by atoms with Gasteiger partial charge in [0.1, 0.15) is 0 Å². The molecule has 2 aromatic rings. The van der Waals surface area contributed by atoms with Crippen LogP contribution in [0, 0.1) is 20.2 Å². The first-order valence-corrected chi connectivity index (χ1v) is 10.1. The lowest BCUT2D eigenvalue weighted by molar-refractivity contribution is -0.385. The quantitative estimate of drug-likeness (QED) is 0.370. The van der Waals surface area contributed by atoms with Crippen molar-refractivity contribution in [1.29, 1.82) is 0 Å². The number of piperidine rings is 1. The van der Waals surface area contributed by atoms with E-state index in [1.165, 1.54) is 24.3 Å². The molecule has 1 aliphatic rings. The third-order valence-electron chi connectivity index (χ3n) is 4.88. The number of nitro groups is 2. The van der Waals surface area contributed by atoms with Crippen LogP contribution in [0.3, 0.4) is 0 Å². The van der Waals surface area contributed by atoms with Gasteiger partial charge in [-0.25, -0.2) is 4.79 Å². The van der Waals surface area contributed by atoms with Gasteiger partial charge in [0.15, 0.2) is 6.61 Å². The highest BCUT2D eigenvalue weighted by Gasteiger charge is 2.23. The van der Waals surface area contributed by atoms with E-state index in [2.05, 4.69) is 5.32 Å². The number of nitrogens with one attached hydrogen (secondary N) is 1. The Morgan fingerprint density at radius 1 is 1.00 bits per heavy atom. The molecule has 1 saturated heterocycles. The molecule has 3 rings (SSSR count). The number of ether oxygens (including phenoxy) is 1. The number of carbonyl (C=O) groups is 2. The first-order valence-electron chi connectivity index (χ1n) is 9.70. The standard InChI is InChI=1S/C20H19ClN4O7/c21-16-6-4-14(25(30)31)11-17(16)22-19(26)12-32-20(27)15-10-13(24(28)29)5-7-18(15)23-8-2-1-3-9-23/h4-7,10-11H,1-3,8-9,12H2,(H,22,26). The van der Waals surface area contributed by atoms with Crippen molar-refractivity contribution in [3.05, 3.63) is 67.2 Å². The molecule has 0 bridgehead atoms. The van der Waals surface area contributed by atoms with E-state index in [-0.39, 0.29) is 27.6 Å². The monoisotopic (exact) mass is 462 g/mol. The van der Waals surface area contributed by atoms with Crippen LogP contribution in [0.15, 0.2) is 36.4 Å². The van der Waals surface area contributed by atoms with E-state index >= 15 is 0 Å². The molecule has 1 fully saturated rings. The fraction of sp³-hybridized carbons (Fsp3) is 0.300. The molecule has 0 unspecified atom stereocenters. The van der Waals surface area contributed by atoms with Crippen LogP contribution in [-0.2, 0) is 9.53 Å². The zero-order chi connectivity index (χ0) is 23.3. The molecule has 12 heteroatoms. The molecule has 0 atom stereocenters. The van der Waals surface area contributed by atoms with Gasteiger partial charge in [0.05, 0.1) is 31.8 Å². The van der Waals surface area contributed by atoms with Crippen LogP contribution in [0.1, 0.15) is 29.6 Å². The summed E-state index contributed by atoms with van der Waals surface area (Å²) in [5.41, 5.74) is -0.0639. The second-order valence-electron chi connectivity index (χ2n) is 7.05. The van der Waals surface area contributed by atoms with E-state index in [0.717, 1.165) is 31.4 Å². The minimum Gasteiger partial charge on any atom is -0.452 e. The van der Waals surface area contributed by atoms with E-state index in [0.29, 0.717) is 18.8 Å². The highest BCUT2D eigenvalue weighted by Crippen LogP contribution is 2.29. The predicted octanol–water partition coefficient (Wildman–Crippen LogP) is 3.94. The molecule has 1 amide bonds. The number of rotatable bonds is 7. The number of amides is 1. The number of hydrogen-bond donors (Lipinski definition) is 1. The van der Waals surface area contributed by atoms with Crippen LogP contribution < -0.4 is 10.2 Å². The van der Waals surface area contributed by atoms with Crippen molar-refractivity contribution in [2.45, 2.75) is 19.3 Å². The highest BCUT2D eigenvalue weighted by atomic mass is 35.5. The molecular weight excluding hydrogens is 444 g/mol. The number of esters is 1. The summed E-state index contributed by atoms with van der Waals surface area (Å²) < 4.78 is 5.07. The number of hydrogen-bond acceptors (Lipinski definition) is 8. The van der Waals surface area contributed by atoms with Gasteiger partial charge in [0.2, 0.25) is 0 Å². The van der Waals surface area contributed by atoms with Gasteiger partial charge < -0.3 is 15.0 Å².